The summed E-state index contributed by atoms with van der Waals surface area (Å²) in [4.78, 5) is 10.8. The number of rotatable bonds is 9. The quantitative estimate of drug-likeness (QED) is 0.662. The first-order valence-electron chi connectivity index (χ1n) is 6.54. The first kappa shape index (κ1) is 18.4. The molecule has 0 heterocycles. The Labute approximate surface area is 128 Å². The van der Waals surface area contributed by atoms with Crippen molar-refractivity contribution in [1.29, 1.82) is 0 Å². The predicted molar refractivity (Wildman–Crippen MR) is 77.1 cm³/mol. The number of hydrogen-bond acceptors (Lipinski definition) is 7. The molecule has 1 unspecified atom stereocenters. The average molecular weight is 334 g/mol. The highest BCUT2D eigenvalue weighted by atomic mass is 31.2. The molecule has 0 saturated carbocycles. The molecule has 1 aromatic rings. The van der Waals surface area contributed by atoms with Gasteiger partial charge in [-0.1, -0.05) is 6.07 Å². The van der Waals surface area contributed by atoms with Crippen LogP contribution < -0.4 is 9.26 Å². The first-order valence-corrected chi connectivity index (χ1v) is 8.00. The summed E-state index contributed by atoms with van der Waals surface area (Å²) in [6.07, 6.45) is -1.70. The normalized spacial score (nSPS) is 12.7. The molecule has 0 aliphatic rings. The number of carboxylic acids is 1. The van der Waals surface area contributed by atoms with E-state index in [1.165, 1.54) is 25.3 Å². The molecule has 0 aliphatic carbocycles. The third-order valence-electron chi connectivity index (χ3n) is 2.52. The molecule has 0 saturated heterocycles. The van der Waals surface area contributed by atoms with Gasteiger partial charge in [0.15, 0.2) is 17.6 Å². The lowest BCUT2D eigenvalue weighted by molar-refractivity contribution is -0.146. The molecule has 0 fully saturated rings. The average Bonchev–Trinajstić information content (AvgIpc) is 2.47. The molecule has 0 radical (unpaired) electrons. The summed E-state index contributed by atoms with van der Waals surface area (Å²) in [5.74, 6) is -1.25. The molecule has 1 aromatic carbocycles. The van der Waals surface area contributed by atoms with E-state index in [0.29, 0.717) is 0 Å². The van der Waals surface area contributed by atoms with Gasteiger partial charge in [0.25, 0.3) is 0 Å². The maximum atomic E-state index is 12.3. The number of benzene rings is 1. The lowest BCUT2D eigenvalue weighted by atomic mass is 10.1. The van der Waals surface area contributed by atoms with Gasteiger partial charge >= 0.3 is 13.8 Å². The Kier molecular flexibility index (Phi) is 6.83. The molecule has 2 N–H and O–H groups in total. The van der Waals surface area contributed by atoms with Gasteiger partial charge in [0.05, 0.1) is 20.3 Å². The Bertz CT molecular complexity index is 549. The van der Waals surface area contributed by atoms with Gasteiger partial charge in [-0.15, -0.1) is 0 Å². The second-order valence-electron chi connectivity index (χ2n) is 4.03. The summed E-state index contributed by atoms with van der Waals surface area (Å²) in [5, 5.41) is 18.3. The Balaban J connectivity index is 3.09. The Morgan fingerprint density at radius 2 is 1.82 bits per heavy atom. The van der Waals surface area contributed by atoms with E-state index in [4.69, 9.17) is 23.4 Å². The van der Waals surface area contributed by atoms with E-state index in [9.17, 15) is 14.5 Å². The van der Waals surface area contributed by atoms with Crippen LogP contribution in [-0.2, 0) is 18.4 Å². The van der Waals surface area contributed by atoms with Crippen molar-refractivity contribution in [3.63, 3.8) is 0 Å². The fraction of sp³-hybridized carbons (Fsp3) is 0.462. The molecule has 22 heavy (non-hydrogen) atoms. The molecule has 0 aliphatic heterocycles. The second kappa shape index (κ2) is 8.14. The van der Waals surface area contributed by atoms with Gasteiger partial charge in [-0.3, -0.25) is 9.05 Å². The summed E-state index contributed by atoms with van der Waals surface area (Å²) in [6.45, 7) is 3.52. The number of carboxylic acid groups (broad SMARTS) is 1. The zero-order valence-corrected chi connectivity index (χ0v) is 13.4. The van der Waals surface area contributed by atoms with E-state index in [0.717, 1.165) is 0 Å². The fourth-order valence-corrected chi connectivity index (χ4v) is 2.80. The molecule has 0 aromatic heterocycles. The summed E-state index contributed by atoms with van der Waals surface area (Å²) in [5.41, 5.74) is 0.0966. The van der Waals surface area contributed by atoms with Gasteiger partial charge in [-0.05, 0) is 31.5 Å². The van der Waals surface area contributed by atoms with Crippen LogP contribution >= 0.6 is 7.82 Å². The molecule has 8 nitrogen and oxygen atoms in total. The molecule has 124 valence electrons. The van der Waals surface area contributed by atoms with Crippen molar-refractivity contribution in [2.24, 2.45) is 0 Å². The maximum absolute atomic E-state index is 12.3. The van der Waals surface area contributed by atoms with Crippen molar-refractivity contribution in [3.8, 4) is 11.5 Å². The van der Waals surface area contributed by atoms with Crippen LogP contribution in [-0.4, -0.2) is 36.5 Å². The molecule has 0 bridgehead atoms. The number of phosphoric ester groups is 1. The monoisotopic (exact) mass is 334 g/mol. The van der Waals surface area contributed by atoms with E-state index >= 15 is 0 Å². The van der Waals surface area contributed by atoms with Crippen molar-refractivity contribution in [2.75, 3.05) is 20.3 Å². The molecule has 1 rings (SSSR count). The molecule has 9 heteroatoms. The molecular formula is C13H19O8P. The second-order valence-corrected chi connectivity index (χ2v) is 5.62. The Hall–Kier alpha value is -1.60. The van der Waals surface area contributed by atoms with Gasteiger partial charge in [-0.2, -0.15) is 0 Å². The van der Waals surface area contributed by atoms with Crippen LogP contribution in [0.5, 0.6) is 11.5 Å². The van der Waals surface area contributed by atoms with E-state index in [1.807, 2.05) is 0 Å². The molecular weight excluding hydrogens is 315 g/mol. The van der Waals surface area contributed by atoms with Crippen molar-refractivity contribution in [2.45, 2.75) is 20.0 Å². The van der Waals surface area contributed by atoms with Crippen LogP contribution in [0.1, 0.15) is 25.5 Å². The fourth-order valence-electron chi connectivity index (χ4n) is 1.60. The molecule has 0 spiro atoms. The molecule has 0 amide bonds. The van der Waals surface area contributed by atoms with Crippen molar-refractivity contribution in [1.82, 2.24) is 0 Å². The van der Waals surface area contributed by atoms with Crippen LogP contribution in [0.25, 0.3) is 0 Å². The number of ether oxygens (including phenoxy) is 1. The number of aliphatic carboxylic acids is 1. The number of aliphatic hydroxyl groups excluding tert-OH is 1. The van der Waals surface area contributed by atoms with Gasteiger partial charge in [0.2, 0.25) is 0 Å². The number of carbonyl (C=O) groups is 1. The van der Waals surface area contributed by atoms with Crippen molar-refractivity contribution >= 4 is 13.8 Å². The van der Waals surface area contributed by atoms with Crippen molar-refractivity contribution in [3.05, 3.63) is 23.8 Å². The highest BCUT2D eigenvalue weighted by Gasteiger charge is 2.29. The highest BCUT2D eigenvalue weighted by Crippen LogP contribution is 2.51. The summed E-state index contributed by atoms with van der Waals surface area (Å²) in [6, 6.07) is 3.92. The first-order chi connectivity index (χ1) is 10.4. The van der Waals surface area contributed by atoms with Gasteiger partial charge in [-0.25, -0.2) is 9.36 Å². The van der Waals surface area contributed by atoms with Crippen LogP contribution in [0.3, 0.4) is 0 Å². The topological polar surface area (TPSA) is 112 Å². The number of aliphatic hydroxyl groups is 1. The largest absolute Gasteiger partial charge is 0.530 e. The van der Waals surface area contributed by atoms with E-state index in [1.54, 1.807) is 13.8 Å². The number of hydrogen-bond donors (Lipinski definition) is 2. The lowest BCUT2D eigenvalue weighted by Gasteiger charge is -2.19. The summed E-state index contributed by atoms with van der Waals surface area (Å²) >= 11 is 0. The van der Waals surface area contributed by atoms with Crippen LogP contribution in [0.4, 0.5) is 0 Å². The zero-order chi connectivity index (χ0) is 16.8. The zero-order valence-electron chi connectivity index (χ0n) is 12.5. The van der Waals surface area contributed by atoms with E-state index < -0.39 is 19.9 Å². The van der Waals surface area contributed by atoms with Gasteiger partial charge in [0, 0.05) is 0 Å². The third-order valence-corrected chi connectivity index (χ3v) is 4.09. The summed E-state index contributed by atoms with van der Waals surface area (Å²) in [7, 11) is -2.47. The van der Waals surface area contributed by atoms with Crippen LogP contribution in [0.15, 0.2) is 18.2 Å². The Morgan fingerprint density at radius 1 is 1.23 bits per heavy atom. The maximum Gasteiger partial charge on any atom is 0.530 e. The highest BCUT2D eigenvalue weighted by molar-refractivity contribution is 7.48. The summed E-state index contributed by atoms with van der Waals surface area (Å²) < 4.78 is 32.6. The minimum atomic E-state index is -3.80. The minimum Gasteiger partial charge on any atom is -0.493 e. The third kappa shape index (κ3) is 4.71. The standard InChI is InChI=1S/C13H19O8P/c1-4-19-22(17,20-5-2)21-10-7-6-9(8-11(10)18-3)12(14)13(15)16/h6-8,12,14H,4-5H2,1-3H3,(H,15,16). The van der Waals surface area contributed by atoms with E-state index in [-0.39, 0.29) is 30.3 Å². The van der Waals surface area contributed by atoms with Gasteiger partial charge < -0.3 is 19.5 Å². The van der Waals surface area contributed by atoms with Crippen molar-refractivity contribution < 1.29 is 37.9 Å². The van der Waals surface area contributed by atoms with Crippen LogP contribution in [0.2, 0.25) is 0 Å². The number of phosphoric acid groups is 1. The van der Waals surface area contributed by atoms with Gasteiger partial charge in [0.1, 0.15) is 0 Å². The predicted octanol–water partition coefficient (Wildman–Crippen LogP) is 2.37. The smallest absolute Gasteiger partial charge is 0.493 e. The molecule has 1 atom stereocenters. The minimum absolute atomic E-state index is 0.0501. The van der Waals surface area contributed by atoms with Crippen LogP contribution in [0, 0.1) is 0 Å². The lowest BCUT2D eigenvalue weighted by Crippen LogP contribution is -2.10. The SMILES string of the molecule is CCOP(=O)(OCC)Oc1ccc(C(O)C(=O)O)cc1OC. The Morgan fingerprint density at radius 3 is 2.27 bits per heavy atom. The van der Waals surface area contributed by atoms with E-state index in [2.05, 4.69) is 0 Å². The number of methoxy groups -OCH3 is 1.